The number of alkyl halides is 1. The van der Waals surface area contributed by atoms with E-state index in [1.807, 2.05) is 0 Å². The van der Waals surface area contributed by atoms with Gasteiger partial charge in [-0.2, -0.15) is 0 Å². The molecule has 0 amide bonds. The molecule has 2 atom stereocenters. The van der Waals surface area contributed by atoms with Crippen molar-refractivity contribution in [2.24, 2.45) is 0 Å². The van der Waals surface area contributed by atoms with Crippen LogP contribution in [0, 0.1) is 0 Å². The van der Waals surface area contributed by atoms with Gasteiger partial charge in [0, 0.05) is 18.5 Å². The molecular weight excluding hydrogens is 153 g/mol. The average Bonchev–Trinajstić information content (AvgIpc) is 2.29. The summed E-state index contributed by atoms with van der Waals surface area (Å²) in [5.74, 6) is 0. The summed E-state index contributed by atoms with van der Waals surface area (Å²) in [6.07, 6.45) is 3.96. The molecule has 1 nitrogen and oxygen atoms in total. The van der Waals surface area contributed by atoms with Crippen molar-refractivity contribution in [3.05, 3.63) is 0 Å². The molecular formula is C10H20FN. The van der Waals surface area contributed by atoms with Gasteiger partial charge in [0.25, 0.3) is 0 Å². The van der Waals surface area contributed by atoms with Crippen molar-refractivity contribution in [1.82, 2.24) is 5.32 Å². The van der Waals surface area contributed by atoms with Crippen molar-refractivity contribution in [3.63, 3.8) is 0 Å². The van der Waals surface area contributed by atoms with Crippen LogP contribution < -0.4 is 5.32 Å². The summed E-state index contributed by atoms with van der Waals surface area (Å²) in [6, 6.07) is 0. The zero-order chi connectivity index (χ0) is 9.24. The molecule has 0 aromatic carbocycles. The van der Waals surface area contributed by atoms with E-state index < -0.39 is 5.67 Å². The van der Waals surface area contributed by atoms with Gasteiger partial charge in [0.05, 0.1) is 0 Å². The molecule has 1 N–H and O–H groups in total. The Hall–Kier alpha value is -0.110. The maximum atomic E-state index is 13.6. The van der Waals surface area contributed by atoms with Gasteiger partial charge in [0.1, 0.15) is 5.67 Å². The van der Waals surface area contributed by atoms with Gasteiger partial charge in [-0.05, 0) is 19.8 Å². The van der Waals surface area contributed by atoms with Crippen LogP contribution in [0.5, 0.6) is 0 Å². The normalized spacial score (nSPS) is 42.0. The van der Waals surface area contributed by atoms with Crippen molar-refractivity contribution in [1.29, 1.82) is 0 Å². The Labute approximate surface area is 74.7 Å². The maximum Gasteiger partial charge on any atom is 0.122 e. The standard InChI is InChI=1S/C10H20FN/c1-4-6-10(5-2)7-9(3,11)8-12-10/h12H,4-8H2,1-3H3. The third-order valence-electron chi connectivity index (χ3n) is 2.94. The third-order valence-corrected chi connectivity index (χ3v) is 2.94. The molecule has 0 aromatic rings. The Balaban J connectivity index is 2.59. The van der Waals surface area contributed by atoms with E-state index in [0.29, 0.717) is 13.0 Å². The average molecular weight is 173 g/mol. The molecule has 2 unspecified atom stereocenters. The molecule has 0 radical (unpaired) electrons. The van der Waals surface area contributed by atoms with Crippen molar-refractivity contribution in [2.75, 3.05) is 6.54 Å². The largest absolute Gasteiger partial charge is 0.308 e. The third kappa shape index (κ3) is 1.98. The molecule has 1 heterocycles. The molecule has 72 valence electrons. The smallest absolute Gasteiger partial charge is 0.122 e. The lowest BCUT2D eigenvalue weighted by molar-refractivity contribution is 0.195. The fraction of sp³-hybridized carbons (Fsp3) is 1.00. The van der Waals surface area contributed by atoms with Crippen molar-refractivity contribution in [3.8, 4) is 0 Å². The van der Waals surface area contributed by atoms with Crippen molar-refractivity contribution >= 4 is 0 Å². The lowest BCUT2D eigenvalue weighted by Gasteiger charge is -2.28. The molecule has 0 saturated carbocycles. The highest BCUT2D eigenvalue weighted by atomic mass is 19.1. The van der Waals surface area contributed by atoms with E-state index in [4.69, 9.17) is 0 Å². The minimum atomic E-state index is -0.981. The molecule has 12 heavy (non-hydrogen) atoms. The summed E-state index contributed by atoms with van der Waals surface area (Å²) in [5, 5.41) is 3.34. The van der Waals surface area contributed by atoms with Crippen LogP contribution in [0.2, 0.25) is 0 Å². The molecule has 2 heteroatoms. The van der Waals surface area contributed by atoms with Crippen molar-refractivity contribution in [2.45, 2.75) is 57.7 Å². The summed E-state index contributed by atoms with van der Waals surface area (Å²) in [6.45, 7) is 6.53. The molecule has 1 saturated heterocycles. The Morgan fingerprint density at radius 1 is 1.42 bits per heavy atom. The zero-order valence-corrected chi connectivity index (χ0v) is 8.41. The first-order valence-corrected chi connectivity index (χ1v) is 4.97. The second kappa shape index (κ2) is 3.33. The molecule has 1 aliphatic heterocycles. The maximum absolute atomic E-state index is 13.6. The molecule has 0 spiro atoms. The summed E-state index contributed by atoms with van der Waals surface area (Å²) in [5.41, 5.74) is -0.885. The first-order valence-electron chi connectivity index (χ1n) is 4.97. The van der Waals surface area contributed by atoms with E-state index in [2.05, 4.69) is 19.2 Å². The molecule has 0 aliphatic carbocycles. The van der Waals surface area contributed by atoms with Gasteiger partial charge in [-0.25, -0.2) is 4.39 Å². The minimum absolute atomic E-state index is 0.0955. The second-order valence-electron chi connectivity index (χ2n) is 4.33. The molecule has 0 bridgehead atoms. The lowest BCUT2D eigenvalue weighted by atomic mass is 9.86. The lowest BCUT2D eigenvalue weighted by Crippen LogP contribution is -2.38. The highest BCUT2D eigenvalue weighted by molar-refractivity contribution is 5.01. The number of hydrogen-bond donors (Lipinski definition) is 1. The van der Waals surface area contributed by atoms with Crippen LogP contribution >= 0.6 is 0 Å². The van der Waals surface area contributed by atoms with Gasteiger partial charge in [-0.3, -0.25) is 0 Å². The quantitative estimate of drug-likeness (QED) is 0.692. The number of hydrogen-bond acceptors (Lipinski definition) is 1. The van der Waals surface area contributed by atoms with Crippen LogP contribution in [0.3, 0.4) is 0 Å². The summed E-state index contributed by atoms with van der Waals surface area (Å²) in [4.78, 5) is 0. The van der Waals surface area contributed by atoms with E-state index in [-0.39, 0.29) is 5.54 Å². The van der Waals surface area contributed by atoms with E-state index in [1.165, 1.54) is 0 Å². The van der Waals surface area contributed by atoms with Crippen LogP contribution in [-0.2, 0) is 0 Å². The van der Waals surface area contributed by atoms with E-state index in [1.54, 1.807) is 6.92 Å². The predicted molar refractivity (Wildman–Crippen MR) is 50.1 cm³/mol. The fourth-order valence-electron chi connectivity index (χ4n) is 2.28. The Bertz CT molecular complexity index is 156. The number of rotatable bonds is 3. The monoisotopic (exact) mass is 173 g/mol. The van der Waals surface area contributed by atoms with Crippen LogP contribution in [0.1, 0.15) is 46.5 Å². The van der Waals surface area contributed by atoms with Crippen LogP contribution in [0.15, 0.2) is 0 Å². The fourth-order valence-corrected chi connectivity index (χ4v) is 2.28. The van der Waals surface area contributed by atoms with E-state index >= 15 is 0 Å². The topological polar surface area (TPSA) is 12.0 Å². The van der Waals surface area contributed by atoms with Gasteiger partial charge < -0.3 is 5.32 Å². The van der Waals surface area contributed by atoms with E-state index in [0.717, 1.165) is 19.3 Å². The first-order chi connectivity index (χ1) is 5.54. The Morgan fingerprint density at radius 2 is 2.08 bits per heavy atom. The highest BCUT2D eigenvalue weighted by Crippen LogP contribution is 2.35. The summed E-state index contributed by atoms with van der Waals surface area (Å²) < 4.78 is 13.6. The Morgan fingerprint density at radius 3 is 2.42 bits per heavy atom. The molecule has 1 rings (SSSR count). The van der Waals surface area contributed by atoms with Gasteiger partial charge in [0.2, 0.25) is 0 Å². The molecule has 1 aliphatic rings. The minimum Gasteiger partial charge on any atom is -0.308 e. The van der Waals surface area contributed by atoms with Gasteiger partial charge in [-0.15, -0.1) is 0 Å². The SMILES string of the molecule is CCCC1(CC)CC(C)(F)CN1. The number of halogens is 1. The predicted octanol–water partition coefficient (Wildman–Crippen LogP) is 2.66. The van der Waals surface area contributed by atoms with E-state index in [9.17, 15) is 4.39 Å². The second-order valence-corrected chi connectivity index (χ2v) is 4.33. The highest BCUT2D eigenvalue weighted by Gasteiger charge is 2.43. The van der Waals surface area contributed by atoms with Crippen LogP contribution in [0.4, 0.5) is 4.39 Å². The van der Waals surface area contributed by atoms with Gasteiger partial charge in [0.15, 0.2) is 0 Å². The molecule has 0 aromatic heterocycles. The first kappa shape index (κ1) is 9.97. The van der Waals surface area contributed by atoms with Gasteiger partial charge in [-0.1, -0.05) is 20.3 Å². The van der Waals surface area contributed by atoms with Crippen LogP contribution in [-0.4, -0.2) is 17.8 Å². The molecule has 1 fully saturated rings. The number of nitrogens with one attached hydrogen (secondary N) is 1. The summed E-state index contributed by atoms with van der Waals surface area (Å²) >= 11 is 0. The van der Waals surface area contributed by atoms with Gasteiger partial charge >= 0.3 is 0 Å². The van der Waals surface area contributed by atoms with Crippen molar-refractivity contribution < 1.29 is 4.39 Å². The summed E-state index contributed by atoms with van der Waals surface area (Å²) in [7, 11) is 0. The Kier molecular flexibility index (Phi) is 2.77. The zero-order valence-electron chi connectivity index (χ0n) is 8.41. The van der Waals surface area contributed by atoms with Crippen LogP contribution in [0.25, 0.3) is 0 Å².